The number of carbonyl (C=O) groups is 1. The monoisotopic (exact) mass is 222 g/mol. The van der Waals surface area contributed by atoms with Gasteiger partial charge < -0.3 is 20.1 Å². The predicted molar refractivity (Wildman–Crippen MR) is 59.8 cm³/mol. The molecule has 86 valence electrons. The molecule has 1 atom stereocenters. The molecule has 0 spiro atoms. The number of ether oxygens (including phenoxy) is 2. The average Bonchev–Trinajstić information content (AvgIpc) is 3.11. The van der Waals surface area contributed by atoms with E-state index in [1.54, 1.807) is 31.4 Å². The Morgan fingerprint density at radius 3 is 2.75 bits per heavy atom. The Morgan fingerprint density at radius 1 is 1.50 bits per heavy atom. The smallest absolute Gasteiger partial charge is 0.319 e. The minimum atomic E-state index is -0.222. The zero-order chi connectivity index (χ0) is 11.4. The third-order valence-corrected chi connectivity index (χ3v) is 2.24. The Morgan fingerprint density at radius 2 is 2.19 bits per heavy atom. The number of nitrogens with one attached hydrogen (secondary N) is 2. The number of urea groups is 1. The highest BCUT2D eigenvalue weighted by Crippen LogP contribution is 2.14. The summed E-state index contributed by atoms with van der Waals surface area (Å²) >= 11 is 0. The van der Waals surface area contributed by atoms with E-state index in [9.17, 15) is 4.79 Å². The van der Waals surface area contributed by atoms with Gasteiger partial charge in [-0.3, -0.25) is 0 Å². The van der Waals surface area contributed by atoms with Gasteiger partial charge in [-0.25, -0.2) is 4.79 Å². The Balaban J connectivity index is 1.79. The van der Waals surface area contributed by atoms with Gasteiger partial charge in [0.25, 0.3) is 0 Å². The highest BCUT2D eigenvalue weighted by Gasteiger charge is 2.22. The number of hydrogen-bond acceptors (Lipinski definition) is 3. The maximum absolute atomic E-state index is 11.4. The molecule has 1 aliphatic heterocycles. The predicted octanol–water partition coefficient (Wildman–Crippen LogP) is 1.22. The summed E-state index contributed by atoms with van der Waals surface area (Å²) in [6.07, 6.45) is 0.196. The van der Waals surface area contributed by atoms with Gasteiger partial charge in [0.2, 0.25) is 0 Å². The Kier molecular flexibility index (Phi) is 3.26. The van der Waals surface area contributed by atoms with Crippen molar-refractivity contribution in [2.75, 3.05) is 25.6 Å². The molecule has 16 heavy (non-hydrogen) atoms. The summed E-state index contributed by atoms with van der Waals surface area (Å²) in [6.45, 7) is 1.30. The fourth-order valence-electron chi connectivity index (χ4n) is 1.24. The molecule has 1 heterocycles. The largest absolute Gasteiger partial charge is 0.497 e. The lowest BCUT2D eigenvalue weighted by Crippen LogP contribution is -2.31. The van der Waals surface area contributed by atoms with Crippen LogP contribution in [-0.2, 0) is 4.74 Å². The molecule has 1 aliphatic rings. The van der Waals surface area contributed by atoms with Crippen LogP contribution < -0.4 is 15.4 Å². The van der Waals surface area contributed by atoms with Gasteiger partial charge in [0.05, 0.1) is 19.8 Å². The lowest BCUT2D eigenvalue weighted by molar-refractivity contribution is 0.250. The van der Waals surface area contributed by atoms with Crippen molar-refractivity contribution in [2.24, 2.45) is 0 Å². The van der Waals surface area contributed by atoms with E-state index in [4.69, 9.17) is 9.47 Å². The van der Waals surface area contributed by atoms with Crippen LogP contribution in [0.2, 0.25) is 0 Å². The van der Waals surface area contributed by atoms with Crippen LogP contribution in [0.5, 0.6) is 5.75 Å². The third-order valence-electron chi connectivity index (χ3n) is 2.24. The van der Waals surface area contributed by atoms with Crippen LogP contribution >= 0.6 is 0 Å². The molecule has 5 heteroatoms. The topological polar surface area (TPSA) is 62.9 Å². The zero-order valence-electron chi connectivity index (χ0n) is 9.03. The molecule has 5 nitrogen and oxygen atoms in total. The Hall–Kier alpha value is -1.75. The summed E-state index contributed by atoms with van der Waals surface area (Å²) in [4.78, 5) is 11.4. The van der Waals surface area contributed by atoms with Gasteiger partial charge in [0.15, 0.2) is 0 Å². The van der Waals surface area contributed by atoms with Crippen molar-refractivity contribution in [3.05, 3.63) is 24.3 Å². The first kappa shape index (κ1) is 10.8. The lowest BCUT2D eigenvalue weighted by atomic mass is 10.3. The summed E-state index contributed by atoms with van der Waals surface area (Å²) in [5.41, 5.74) is 0.731. The van der Waals surface area contributed by atoms with E-state index in [2.05, 4.69) is 10.6 Å². The van der Waals surface area contributed by atoms with Crippen molar-refractivity contribution in [1.29, 1.82) is 0 Å². The van der Waals surface area contributed by atoms with Gasteiger partial charge in [0, 0.05) is 12.2 Å². The second kappa shape index (κ2) is 4.85. The van der Waals surface area contributed by atoms with Gasteiger partial charge in [-0.1, -0.05) is 0 Å². The van der Waals surface area contributed by atoms with E-state index in [1.165, 1.54) is 0 Å². The van der Waals surface area contributed by atoms with Crippen molar-refractivity contribution < 1.29 is 14.3 Å². The Labute approximate surface area is 93.7 Å². The van der Waals surface area contributed by atoms with E-state index in [0.717, 1.165) is 18.0 Å². The molecule has 2 amide bonds. The maximum atomic E-state index is 11.4. The minimum absolute atomic E-state index is 0.196. The first-order valence-electron chi connectivity index (χ1n) is 5.08. The average molecular weight is 222 g/mol. The van der Waals surface area contributed by atoms with E-state index >= 15 is 0 Å². The van der Waals surface area contributed by atoms with Crippen molar-refractivity contribution in [2.45, 2.75) is 6.10 Å². The quantitative estimate of drug-likeness (QED) is 0.753. The number of carbonyl (C=O) groups excluding carboxylic acids is 1. The van der Waals surface area contributed by atoms with E-state index in [-0.39, 0.29) is 12.1 Å². The van der Waals surface area contributed by atoms with Gasteiger partial charge in [0.1, 0.15) is 5.75 Å². The van der Waals surface area contributed by atoms with Crippen molar-refractivity contribution in [3.8, 4) is 5.75 Å². The molecular formula is C11H14N2O3. The maximum Gasteiger partial charge on any atom is 0.319 e. The van der Waals surface area contributed by atoms with Crippen LogP contribution in [0, 0.1) is 0 Å². The molecule has 2 rings (SSSR count). The Bertz CT molecular complexity index is 360. The second-order valence-electron chi connectivity index (χ2n) is 3.52. The standard InChI is InChI=1S/C11H14N2O3/c1-15-9-4-2-8(3-5-9)13-11(14)12-6-10-7-16-10/h2-5,10H,6-7H2,1H3,(H2,12,13,14)/t10-/m1/s1. The molecule has 0 radical (unpaired) electrons. The molecular weight excluding hydrogens is 208 g/mol. The first-order valence-corrected chi connectivity index (χ1v) is 5.08. The molecule has 0 aliphatic carbocycles. The summed E-state index contributed by atoms with van der Waals surface area (Å²) in [5, 5.41) is 5.43. The van der Waals surface area contributed by atoms with E-state index in [0.29, 0.717) is 6.54 Å². The molecule has 1 fully saturated rings. The number of rotatable bonds is 4. The number of methoxy groups -OCH3 is 1. The van der Waals surface area contributed by atoms with E-state index in [1.807, 2.05) is 0 Å². The fraction of sp³-hybridized carbons (Fsp3) is 0.364. The number of anilines is 1. The SMILES string of the molecule is COc1ccc(NC(=O)NC[C@@H]2CO2)cc1. The molecule has 0 aromatic heterocycles. The highest BCUT2D eigenvalue weighted by molar-refractivity contribution is 5.89. The van der Waals surface area contributed by atoms with Crippen LogP contribution in [0.1, 0.15) is 0 Å². The molecule has 1 saturated heterocycles. The van der Waals surface area contributed by atoms with Gasteiger partial charge >= 0.3 is 6.03 Å². The number of amides is 2. The number of epoxide rings is 1. The van der Waals surface area contributed by atoms with Gasteiger partial charge in [-0.05, 0) is 24.3 Å². The van der Waals surface area contributed by atoms with Crippen LogP contribution in [0.15, 0.2) is 24.3 Å². The lowest BCUT2D eigenvalue weighted by Gasteiger charge is -2.06. The van der Waals surface area contributed by atoms with Gasteiger partial charge in [-0.15, -0.1) is 0 Å². The number of hydrogen-bond donors (Lipinski definition) is 2. The van der Waals surface area contributed by atoms with Crippen molar-refractivity contribution in [3.63, 3.8) is 0 Å². The molecule has 0 unspecified atom stereocenters. The fourth-order valence-corrected chi connectivity index (χ4v) is 1.24. The van der Waals surface area contributed by atoms with Crippen molar-refractivity contribution >= 4 is 11.7 Å². The van der Waals surface area contributed by atoms with Crippen LogP contribution in [0.25, 0.3) is 0 Å². The van der Waals surface area contributed by atoms with Crippen LogP contribution in [0.3, 0.4) is 0 Å². The molecule has 2 N–H and O–H groups in total. The molecule has 0 saturated carbocycles. The van der Waals surface area contributed by atoms with Crippen molar-refractivity contribution in [1.82, 2.24) is 5.32 Å². The number of benzene rings is 1. The summed E-state index contributed by atoms with van der Waals surface area (Å²) in [6, 6.07) is 6.93. The van der Waals surface area contributed by atoms with E-state index < -0.39 is 0 Å². The third kappa shape index (κ3) is 3.13. The summed E-state index contributed by atoms with van der Waals surface area (Å²) < 4.78 is 10.00. The first-order chi connectivity index (χ1) is 7.78. The molecule has 0 bridgehead atoms. The zero-order valence-corrected chi connectivity index (χ0v) is 9.03. The summed E-state index contributed by atoms with van der Waals surface area (Å²) in [5.74, 6) is 0.761. The van der Waals surface area contributed by atoms with Gasteiger partial charge in [-0.2, -0.15) is 0 Å². The van der Waals surface area contributed by atoms with Crippen LogP contribution in [-0.4, -0.2) is 32.4 Å². The molecule has 1 aromatic rings. The highest BCUT2D eigenvalue weighted by atomic mass is 16.6. The normalized spacial score (nSPS) is 17.7. The van der Waals surface area contributed by atoms with Crippen LogP contribution in [0.4, 0.5) is 10.5 Å². The second-order valence-corrected chi connectivity index (χ2v) is 3.52. The summed E-state index contributed by atoms with van der Waals surface area (Å²) in [7, 11) is 1.60. The minimum Gasteiger partial charge on any atom is -0.497 e. The molecule has 1 aromatic carbocycles.